The van der Waals surface area contributed by atoms with E-state index in [9.17, 15) is 9.59 Å². The van der Waals surface area contributed by atoms with Crippen molar-refractivity contribution in [2.24, 2.45) is 0 Å². The Hall–Kier alpha value is -3.81. The lowest BCUT2D eigenvalue weighted by atomic mass is 10.1. The number of ether oxygens (including phenoxy) is 2. The molecule has 0 spiro atoms. The Kier molecular flexibility index (Phi) is 5.26. The summed E-state index contributed by atoms with van der Waals surface area (Å²) >= 11 is 0. The summed E-state index contributed by atoms with van der Waals surface area (Å²) in [4.78, 5) is 29.3. The van der Waals surface area contributed by atoms with E-state index in [-0.39, 0.29) is 24.8 Å². The molecule has 0 bridgehead atoms. The maximum atomic E-state index is 12.9. The second-order valence-corrected chi connectivity index (χ2v) is 7.99. The number of amides is 1. The zero-order chi connectivity index (χ0) is 22.1. The molecule has 8 heteroatoms. The van der Waals surface area contributed by atoms with Crippen LogP contribution in [0.3, 0.4) is 0 Å². The van der Waals surface area contributed by atoms with Gasteiger partial charge in [0.1, 0.15) is 6.54 Å². The van der Waals surface area contributed by atoms with Crippen LogP contribution in [0.5, 0.6) is 11.5 Å². The van der Waals surface area contributed by atoms with Crippen molar-refractivity contribution in [1.82, 2.24) is 14.7 Å². The molecular formula is C24H24N4O4. The molecule has 2 aliphatic heterocycles. The average Bonchev–Trinajstić information content (AvgIpc) is 3.28. The van der Waals surface area contributed by atoms with Crippen molar-refractivity contribution < 1.29 is 14.3 Å². The van der Waals surface area contributed by atoms with Gasteiger partial charge in [-0.1, -0.05) is 12.1 Å². The van der Waals surface area contributed by atoms with Crippen molar-refractivity contribution in [3.63, 3.8) is 0 Å². The van der Waals surface area contributed by atoms with E-state index in [4.69, 9.17) is 9.47 Å². The molecule has 0 aliphatic carbocycles. The van der Waals surface area contributed by atoms with E-state index in [0.29, 0.717) is 30.3 Å². The second kappa shape index (κ2) is 8.37. The molecule has 0 atom stereocenters. The number of aromatic nitrogens is 2. The van der Waals surface area contributed by atoms with Crippen LogP contribution in [0.15, 0.2) is 59.4 Å². The van der Waals surface area contributed by atoms with E-state index in [1.54, 1.807) is 11.0 Å². The fourth-order valence-electron chi connectivity index (χ4n) is 4.04. The highest BCUT2D eigenvalue weighted by Gasteiger charge is 2.22. The molecule has 0 N–H and O–H groups in total. The van der Waals surface area contributed by atoms with Crippen molar-refractivity contribution in [3.05, 3.63) is 70.5 Å². The second-order valence-electron chi connectivity index (χ2n) is 7.99. The minimum absolute atomic E-state index is 0.0817. The molecule has 0 unspecified atom stereocenters. The standard InChI is InChI=1S/C24H24N4O4/c1-17-3-2-4-19(13-17)26-9-11-27(12-10-26)24(30)15-28-23(29)8-6-20(25-28)18-5-7-21-22(14-18)32-16-31-21/h2-8,13-14H,9-12,15-16H2,1H3. The zero-order valence-electron chi connectivity index (χ0n) is 17.9. The number of carbonyl (C=O) groups is 1. The molecule has 5 rings (SSSR count). The molecule has 164 valence electrons. The minimum atomic E-state index is -0.304. The maximum absolute atomic E-state index is 12.9. The van der Waals surface area contributed by atoms with Crippen LogP contribution < -0.4 is 19.9 Å². The van der Waals surface area contributed by atoms with Gasteiger partial charge in [-0.25, -0.2) is 4.68 Å². The molecule has 1 aromatic heterocycles. The Morgan fingerprint density at radius 3 is 2.59 bits per heavy atom. The summed E-state index contributed by atoms with van der Waals surface area (Å²) in [6.45, 7) is 4.93. The summed E-state index contributed by atoms with van der Waals surface area (Å²) in [5.41, 5.74) is 3.48. The fourth-order valence-corrected chi connectivity index (χ4v) is 4.04. The van der Waals surface area contributed by atoms with Crippen LogP contribution in [0, 0.1) is 6.92 Å². The fraction of sp³-hybridized carbons (Fsp3) is 0.292. The number of anilines is 1. The molecule has 1 saturated heterocycles. The van der Waals surface area contributed by atoms with Crippen LogP contribution in [0.2, 0.25) is 0 Å². The highest BCUT2D eigenvalue weighted by molar-refractivity contribution is 5.76. The van der Waals surface area contributed by atoms with Crippen molar-refractivity contribution in [1.29, 1.82) is 0 Å². The van der Waals surface area contributed by atoms with Crippen molar-refractivity contribution in [2.45, 2.75) is 13.5 Å². The SMILES string of the molecule is Cc1cccc(N2CCN(C(=O)Cn3nc(-c4ccc5c(c4)OCO5)ccc3=O)CC2)c1. The van der Waals surface area contributed by atoms with Gasteiger partial charge in [-0.05, 0) is 48.9 Å². The van der Waals surface area contributed by atoms with E-state index in [1.807, 2.05) is 24.3 Å². The first-order chi connectivity index (χ1) is 15.6. The van der Waals surface area contributed by atoms with Gasteiger partial charge in [0.2, 0.25) is 12.7 Å². The van der Waals surface area contributed by atoms with Gasteiger partial charge in [0, 0.05) is 43.5 Å². The van der Waals surface area contributed by atoms with E-state index in [0.717, 1.165) is 18.7 Å². The third-order valence-electron chi connectivity index (χ3n) is 5.82. The monoisotopic (exact) mass is 432 g/mol. The molecule has 0 saturated carbocycles. The molecule has 3 heterocycles. The van der Waals surface area contributed by atoms with Gasteiger partial charge in [0.15, 0.2) is 11.5 Å². The highest BCUT2D eigenvalue weighted by Crippen LogP contribution is 2.35. The number of benzene rings is 2. The Morgan fingerprint density at radius 1 is 0.969 bits per heavy atom. The van der Waals surface area contributed by atoms with Crippen LogP contribution in [0.4, 0.5) is 5.69 Å². The molecule has 1 fully saturated rings. The van der Waals surface area contributed by atoms with Crippen LogP contribution in [0.1, 0.15) is 5.56 Å². The largest absolute Gasteiger partial charge is 0.454 e. The third kappa shape index (κ3) is 4.03. The summed E-state index contributed by atoms with van der Waals surface area (Å²) in [6, 6.07) is 17.0. The zero-order valence-corrected chi connectivity index (χ0v) is 17.9. The summed E-state index contributed by atoms with van der Waals surface area (Å²) in [5.74, 6) is 1.22. The van der Waals surface area contributed by atoms with E-state index < -0.39 is 0 Å². The Balaban J connectivity index is 1.27. The number of hydrogen-bond donors (Lipinski definition) is 0. The first kappa shape index (κ1) is 20.1. The van der Waals surface area contributed by atoms with Crippen LogP contribution in [-0.4, -0.2) is 53.6 Å². The number of aryl methyl sites for hydroxylation is 1. The minimum Gasteiger partial charge on any atom is -0.454 e. The number of piperazine rings is 1. The molecule has 1 amide bonds. The summed E-state index contributed by atoms with van der Waals surface area (Å²) in [7, 11) is 0. The van der Waals surface area contributed by atoms with Gasteiger partial charge in [-0.15, -0.1) is 0 Å². The average molecular weight is 432 g/mol. The number of rotatable bonds is 4. The normalized spacial score (nSPS) is 15.2. The highest BCUT2D eigenvalue weighted by atomic mass is 16.7. The smallest absolute Gasteiger partial charge is 0.267 e. The summed E-state index contributed by atoms with van der Waals surface area (Å²) in [6.07, 6.45) is 0. The van der Waals surface area contributed by atoms with Gasteiger partial charge in [0.25, 0.3) is 5.56 Å². The Morgan fingerprint density at radius 2 is 1.78 bits per heavy atom. The Bertz CT molecular complexity index is 1210. The molecule has 3 aromatic rings. The molecule has 0 radical (unpaired) electrons. The molecule has 8 nitrogen and oxygen atoms in total. The van der Waals surface area contributed by atoms with Crippen LogP contribution in [0.25, 0.3) is 11.3 Å². The van der Waals surface area contributed by atoms with Crippen LogP contribution in [-0.2, 0) is 11.3 Å². The van der Waals surface area contributed by atoms with Crippen molar-refractivity contribution in [2.75, 3.05) is 37.9 Å². The quantitative estimate of drug-likeness (QED) is 0.630. The van der Waals surface area contributed by atoms with Gasteiger partial charge in [0.05, 0.1) is 5.69 Å². The number of fused-ring (bicyclic) bond motifs is 1. The topological polar surface area (TPSA) is 76.9 Å². The van der Waals surface area contributed by atoms with Gasteiger partial charge in [-0.3, -0.25) is 9.59 Å². The predicted octanol–water partition coefficient (Wildman–Crippen LogP) is 2.30. The lowest BCUT2D eigenvalue weighted by molar-refractivity contribution is -0.132. The molecule has 2 aliphatic rings. The van der Waals surface area contributed by atoms with E-state index in [1.165, 1.54) is 22.0 Å². The molecule has 2 aromatic carbocycles. The van der Waals surface area contributed by atoms with E-state index >= 15 is 0 Å². The number of carbonyl (C=O) groups excluding carboxylic acids is 1. The summed E-state index contributed by atoms with van der Waals surface area (Å²) < 4.78 is 12.0. The maximum Gasteiger partial charge on any atom is 0.267 e. The molecular weight excluding hydrogens is 408 g/mol. The number of hydrogen-bond acceptors (Lipinski definition) is 6. The Labute approximate surface area is 185 Å². The van der Waals surface area contributed by atoms with Crippen molar-refractivity contribution >= 4 is 11.6 Å². The van der Waals surface area contributed by atoms with E-state index in [2.05, 4.69) is 35.1 Å². The van der Waals surface area contributed by atoms with Gasteiger partial charge in [-0.2, -0.15) is 5.10 Å². The van der Waals surface area contributed by atoms with Gasteiger partial charge < -0.3 is 19.3 Å². The first-order valence-corrected chi connectivity index (χ1v) is 10.6. The third-order valence-corrected chi connectivity index (χ3v) is 5.82. The predicted molar refractivity (Wildman–Crippen MR) is 120 cm³/mol. The number of nitrogens with zero attached hydrogens (tertiary/aromatic N) is 4. The molecule has 32 heavy (non-hydrogen) atoms. The van der Waals surface area contributed by atoms with Crippen molar-refractivity contribution in [3.8, 4) is 22.8 Å². The summed E-state index contributed by atoms with van der Waals surface area (Å²) in [5, 5.41) is 4.42. The van der Waals surface area contributed by atoms with Gasteiger partial charge >= 0.3 is 0 Å². The first-order valence-electron chi connectivity index (χ1n) is 10.6. The lowest BCUT2D eigenvalue weighted by Crippen LogP contribution is -2.50. The lowest BCUT2D eigenvalue weighted by Gasteiger charge is -2.36. The van der Waals surface area contributed by atoms with Crippen LogP contribution >= 0.6 is 0 Å².